The second kappa shape index (κ2) is 40.9. The Morgan fingerprint density at radius 2 is 0.908 bits per heavy atom. The van der Waals surface area contributed by atoms with Crippen molar-refractivity contribution in [3.05, 3.63) is 48.6 Å². The quantitative estimate of drug-likeness (QED) is 0.0300. The number of rotatable bonds is 41. The van der Waals surface area contributed by atoms with E-state index in [0.29, 0.717) is 12.8 Å². The summed E-state index contributed by atoms with van der Waals surface area (Å²) in [5.74, 6) is -0.254. The van der Waals surface area contributed by atoms with E-state index in [1.165, 1.54) is 51.4 Å². The highest BCUT2D eigenvalue weighted by molar-refractivity contribution is 5.76. The molecule has 0 aromatic heterocycles. The lowest BCUT2D eigenvalue weighted by Gasteiger charge is -2.48. The maximum Gasteiger partial charge on any atom is 0.220 e. The molecule has 3 aliphatic heterocycles. The van der Waals surface area contributed by atoms with Crippen molar-refractivity contribution in [2.45, 2.75) is 279 Å². The molecule has 17 atom stereocenters. The van der Waals surface area contributed by atoms with Crippen LogP contribution in [-0.4, -0.2) is 193 Å². The SMILES string of the molecule is CC/C=C\C/C=C\C/C=C\C/C=C\CCCCCCCCCCCCCCC(=O)NC(COC1OC(CO)C(OC2OC(CO)C(OC3OC(CO)C(O)C(O)C3O)C(O)C2O)C(O)C1O)C(O)CCCCCCCC. The van der Waals surface area contributed by atoms with Crippen LogP contribution in [0.1, 0.15) is 174 Å². The summed E-state index contributed by atoms with van der Waals surface area (Å²) in [7, 11) is 0. The molecule has 3 heterocycles. The molecule has 442 valence electrons. The molecule has 19 heteroatoms. The summed E-state index contributed by atoms with van der Waals surface area (Å²) in [4.78, 5) is 13.2. The zero-order valence-electron chi connectivity index (χ0n) is 45.7. The fourth-order valence-electron chi connectivity index (χ4n) is 9.66. The summed E-state index contributed by atoms with van der Waals surface area (Å²) in [6.07, 6.45) is 16.9. The summed E-state index contributed by atoms with van der Waals surface area (Å²) < 4.78 is 34.1. The van der Waals surface area contributed by atoms with Gasteiger partial charge in [-0.3, -0.25) is 4.79 Å². The van der Waals surface area contributed by atoms with Crippen LogP contribution >= 0.6 is 0 Å². The van der Waals surface area contributed by atoms with Gasteiger partial charge in [0.25, 0.3) is 0 Å². The number of nitrogens with one attached hydrogen (secondary N) is 1. The molecule has 0 saturated carbocycles. The molecular formula is C57H101NO18. The van der Waals surface area contributed by atoms with Gasteiger partial charge in [-0.2, -0.15) is 0 Å². The highest BCUT2D eigenvalue weighted by Gasteiger charge is 2.53. The summed E-state index contributed by atoms with van der Waals surface area (Å²) in [5, 5.41) is 120. The lowest BCUT2D eigenvalue weighted by molar-refractivity contribution is -0.379. The van der Waals surface area contributed by atoms with E-state index in [4.69, 9.17) is 28.4 Å². The van der Waals surface area contributed by atoms with Gasteiger partial charge in [0.2, 0.25) is 5.91 Å². The Bertz CT molecular complexity index is 1580. The van der Waals surface area contributed by atoms with Gasteiger partial charge in [0.15, 0.2) is 18.9 Å². The van der Waals surface area contributed by atoms with Crippen LogP contribution in [-0.2, 0) is 33.2 Å². The lowest BCUT2D eigenvalue weighted by Crippen LogP contribution is -2.66. The minimum atomic E-state index is -1.97. The first-order valence-electron chi connectivity index (χ1n) is 28.9. The van der Waals surface area contributed by atoms with Gasteiger partial charge in [-0.25, -0.2) is 0 Å². The number of hydrogen-bond acceptors (Lipinski definition) is 18. The Labute approximate surface area is 453 Å². The molecule has 0 aromatic carbocycles. The number of aliphatic hydroxyl groups is 11. The van der Waals surface area contributed by atoms with Crippen molar-refractivity contribution >= 4 is 5.91 Å². The highest BCUT2D eigenvalue weighted by atomic mass is 16.8. The molecule has 12 N–H and O–H groups in total. The largest absolute Gasteiger partial charge is 0.394 e. The first-order valence-corrected chi connectivity index (χ1v) is 28.9. The van der Waals surface area contributed by atoms with Crippen LogP contribution in [0.25, 0.3) is 0 Å². The monoisotopic (exact) mass is 1090 g/mol. The molecule has 1 amide bonds. The van der Waals surface area contributed by atoms with Crippen LogP contribution in [0, 0.1) is 0 Å². The Balaban J connectivity index is 1.39. The highest BCUT2D eigenvalue weighted by Crippen LogP contribution is 2.33. The summed E-state index contributed by atoms with van der Waals surface area (Å²) in [6.45, 7) is 1.57. The van der Waals surface area contributed by atoms with Crippen molar-refractivity contribution in [3.63, 3.8) is 0 Å². The number of carbonyl (C=O) groups excluding carboxylic acids is 1. The second-order valence-electron chi connectivity index (χ2n) is 20.7. The van der Waals surface area contributed by atoms with Gasteiger partial charge in [-0.1, -0.05) is 165 Å². The summed E-state index contributed by atoms with van der Waals surface area (Å²) in [5.41, 5.74) is 0. The predicted octanol–water partition coefficient (Wildman–Crippen LogP) is 4.31. The van der Waals surface area contributed by atoms with Crippen LogP contribution in [0.4, 0.5) is 0 Å². The fourth-order valence-corrected chi connectivity index (χ4v) is 9.66. The van der Waals surface area contributed by atoms with E-state index in [-0.39, 0.29) is 18.9 Å². The van der Waals surface area contributed by atoms with Gasteiger partial charge in [0.05, 0.1) is 38.6 Å². The van der Waals surface area contributed by atoms with Crippen LogP contribution in [0.3, 0.4) is 0 Å². The number of hydrogen-bond donors (Lipinski definition) is 12. The number of unbranched alkanes of at least 4 members (excludes halogenated alkanes) is 17. The third kappa shape index (κ3) is 25.0. The Kier molecular flexibility index (Phi) is 36.6. The maximum absolute atomic E-state index is 13.2. The number of carbonyl (C=O) groups is 1. The zero-order valence-corrected chi connectivity index (χ0v) is 45.7. The second-order valence-corrected chi connectivity index (χ2v) is 20.7. The molecular weight excluding hydrogens is 987 g/mol. The van der Waals surface area contributed by atoms with Crippen molar-refractivity contribution in [2.75, 3.05) is 26.4 Å². The Morgan fingerprint density at radius 3 is 1.42 bits per heavy atom. The summed E-state index contributed by atoms with van der Waals surface area (Å²) >= 11 is 0. The number of amides is 1. The zero-order chi connectivity index (χ0) is 55.5. The Hall–Kier alpha value is -2.25. The van der Waals surface area contributed by atoms with E-state index in [1.807, 2.05) is 0 Å². The standard InChI is InChI=1S/C57H101NO18/c1-3-5-7-9-11-12-13-14-15-16-17-18-19-20-21-22-23-24-25-26-27-28-29-31-33-35-45(63)58-40(41(62)34-32-30-10-8-6-4-2)39-71-55-51(69)48(66)53(43(37-60)73-55)76-57-52(70)49(67)54(44(38-61)74-57)75-56-50(68)47(65)46(64)42(36-59)72-56/h5,7,11-12,14-15,17-18,40-44,46-57,59-62,64-70H,3-4,6,8-10,13,16,19-39H2,1-2H3,(H,58,63)/b7-5-,12-11-,15-14-,18-17-. The Morgan fingerprint density at radius 1 is 0.487 bits per heavy atom. The van der Waals surface area contributed by atoms with E-state index >= 15 is 0 Å². The number of ether oxygens (including phenoxy) is 6. The van der Waals surface area contributed by atoms with Crippen LogP contribution in [0.5, 0.6) is 0 Å². The molecule has 19 nitrogen and oxygen atoms in total. The first-order chi connectivity index (χ1) is 36.8. The van der Waals surface area contributed by atoms with E-state index < -0.39 is 124 Å². The van der Waals surface area contributed by atoms with Crippen molar-refractivity contribution < 1.29 is 89.4 Å². The third-order valence-corrected chi connectivity index (χ3v) is 14.4. The molecule has 3 saturated heterocycles. The van der Waals surface area contributed by atoms with Crippen LogP contribution in [0.2, 0.25) is 0 Å². The minimum Gasteiger partial charge on any atom is -0.394 e. The van der Waals surface area contributed by atoms with Crippen LogP contribution in [0.15, 0.2) is 48.6 Å². The lowest BCUT2D eigenvalue weighted by atomic mass is 9.96. The third-order valence-electron chi connectivity index (χ3n) is 14.4. The van der Waals surface area contributed by atoms with Crippen molar-refractivity contribution in [1.82, 2.24) is 5.32 Å². The number of allylic oxidation sites excluding steroid dienone is 8. The first kappa shape index (κ1) is 68.0. The molecule has 3 aliphatic rings. The molecule has 0 bridgehead atoms. The van der Waals surface area contributed by atoms with E-state index in [2.05, 4.69) is 67.8 Å². The van der Waals surface area contributed by atoms with Crippen molar-refractivity contribution in [1.29, 1.82) is 0 Å². The smallest absolute Gasteiger partial charge is 0.220 e. The average molecular weight is 1090 g/mol. The van der Waals surface area contributed by atoms with Gasteiger partial charge in [-0.15, -0.1) is 0 Å². The molecule has 0 aromatic rings. The van der Waals surface area contributed by atoms with Gasteiger partial charge >= 0.3 is 0 Å². The van der Waals surface area contributed by atoms with Gasteiger partial charge in [-0.05, 0) is 51.4 Å². The fraction of sp³-hybridized carbons (Fsp3) is 0.842. The number of aliphatic hydroxyl groups excluding tert-OH is 11. The molecule has 0 radical (unpaired) electrons. The molecule has 76 heavy (non-hydrogen) atoms. The van der Waals surface area contributed by atoms with Crippen molar-refractivity contribution in [3.8, 4) is 0 Å². The van der Waals surface area contributed by atoms with E-state index in [1.54, 1.807) is 0 Å². The molecule has 0 aliphatic carbocycles. The average Bonchev–Trinajstić information content (AvgIpc) is 3.42. The molecule has 3 fully saturated rings. The minimum absolute atomic E-state index is 0.254. The van der Waals surface area contributed by atoms with Gasteiger partial charge in [0, 0.05) is 6.42 Å². The van der Waals surface area contributed by atoms with E-state index in [9.17, 15) is 61.0 Å². The van der Waals surface area contributed by atoms with Gasteiger partial charge in [0.1, 0.15) is 73.2 Å². The van der Waals surface area contributed by atoms with Crippen molar-refractivity contribution in [2.24, 2.45) is 0 Å². The van der Waals surface area contributed by atoms with E-state index in [0.717, 1.165) is 89.9 Å². The molecule has 17 unspecified atom stereocenters. The molecule has 0 spiro atoms. The molecule has 3 rings (SSSR count). The topological polar surface area (TPSA) is 307 Å². The van der Waals surface area contributed by atoms with Gasteiger partial charge < -0.3 is 89.9 Å². The normalized spacial score (nSPS) is 31.3. The van der Waals surface area contributed by atoms with Crippen LogP contribution < -0.4 is 5.32 Å². The maximum atomic E-state index is 13.2. The summed E-state index contributed by atoms with van der Waals surface area (Å²) in [6, 6.07) is -0.885. The predicted molar refractivity (Wildman–Crippen MR) is 286 cm³/mol.